The second kappa shape index (κ2) is 6.92. The van der Waals surface area contributed by atoms with Crippen LogP contribution in [0.1, 0.15) is 12.5 Å². The van der Waals surface area contributed by atoms with Crippen molar-refractivity contribution in [2.45, 2.75) is 11.8 Å². The van der Waals surface area contributed by atoms with Crippen molar-refractivity contribution in [1.29, 1.82) is 5.26 Å². The van der Waals surface area contributed by atoms with Gasteiger partial charge in [-0.2, -0.15) is 5.26 Å². The topological polar surface area (TPSA) is 35.8 Å². The first-order chi connectivity index (χ1) is 10.1. The Morgan fingerprint density at radius 3 is 2.52 bits per heavy atom. The second-order valence-electron chi connectivity index (χ2n) is 4.09. The molecule has 0 amide bonds. The van der Waals surface area contributed by atoms with Gasteiger partial charge in [0.25, 0.3) is 0 Å². The van der Waals surface area contributed by atoms with Crippen molar-refractivity contribution in [2.75, 3.05) is 11.1 Å². The Morgan fingerprint density at radius 2 is 1.95 bits per heavy atom. The SMILES string of the molecule is CCSc1cccc(Nc2c(F)cc(Br)cc2F)c1C#N. The highest BCUT2D eigenvalue weighted by atomic mass is 79.9. The molecule has 6 heteroatoms. The fourth-order valence-electron chi connectivity index (χ4n) is 1.82. The van der Waals surface area contributed by atoms with Crippen LogP contribution in [0.5, 0.6) is 0 Å². The van der Waals surface area contributed by atoms with E-state index in [0.717, 1.165) is 10.6 Å². The Bertz CT molecular complexity index is 690. The van der Waals surface area contributed by atoms with E-state index in [1.165, 1.54) is 23.9 Å². The number of thioether (sulfide) groups is 1. The predicted molar refractivity (Wildman–Crippen MR) is 84.9 cm³/mol. The zero-order chi connectivity index (χ0) is 15.4. The van der Waals surface area contributed by atoms with Crippen LogP contribution in [0.25, 0.3) is 0 Å². The minimum absolute atomic E-state index is 0.270. The summed E-state index contributed by atoms with van der Waals surface area (Å²) in [5.41, 5.74) is 0.496. The number of benzene rings is 2. The molecule has 2 nitrogen and oxygen atoms in total. The van der Waals surface area contributed by atoms with E-state index in [4.69, 9.17) is 0 Å². The summed E-state index contributed by atoms with van der Waals surface area (Å²) >= 11 is 4.53. The molecule has 0 bridgehead atoms. The summed E-state index contributed by atoms with van der Waals surface area (Å²) in [4.78, 5) is 0.780. The van der Waals surface area contributed by atoms with Crippen molar-refractivity contribution in [2.24, 2.45) is 0 Å². The molecule has 0 aliphatic carbocycles. The van der Waals surface area contributed by atoms with Gasteiger partial charge in [-0.3, -0.25) is 0 Å². The number of hydrogen-bond donors (Lipinski definition) is 1. The molecule has 0 fully saturated rings. The number of nitrogens with zero attached hydrogens (tertiary/aromatic N) is 1. The molecule has 0 atom stereocenters. The lowest BCUT2D eigenvalue weighted by Gasteiger charge is -2.12. The second-order valence-corrected chi connectivity index (χ2v) is 6.31. The number of nitrogens with one attached hydrogen (secondary N) is 1. The summed E-state index contributed by atoms with van der Waals surface area (Å²) < 4.78 is 28.0. The molecule has 0 spiro atoms. The highest BCUT2D eigenvalue weighted by molar-refractivity contribution is 9.10. The van der Waals surface area contributed by atoms with Crippen LogP contribution in [0.2, 0.25) is 0 Å². The normalized spacial score (nSPS) is 10.2. The van der Waals surface area contributed by atoms with Gasteiger partial charge in [-0.15, -0.1) is 11.8 Å². The van der Waals surface area contributed by atoms with Crippen LogP contribution >= 0.6 is 27.7 Å². The molecule has 2 aromatic carbocycles. The summed E-state index contributed by atoms with van der Waals surface area (Å²) in [6.45, 7) is 1.97. The molecule has 21 heavy (non-hydrogen) atoms. The molecule has 0 heterocycles. The molecule has 0 aliphatic heterocycles. The van der Waals surface area contributed by atoms with Gasteiger partial charge >= 0.3 is 0 Å². The molecular weight excluding hydrogens is 358 g/mol. The summed E-state index contributed by atoms with van der Waals surface area (Å²) in [6, 6.07) is 9.60. The van der Waals surface area contributed by atoms with E-state index in [9.17, 15) is 14.0 Å². The number of nitriles is 1. The lowest BCUT2D eigenvalue weighted by atomic mass is 10.2. The van der Waals surface area contributed by atoms with Crippen LogP contribution in [0, 0.1) is 23.0 Å². The van der Waals surface area contributed by atoms with Crippen LogP contribution < -0.4 is 5.32 Å². The van der Waals surface area contributed by atoms with Crippen LogP contribution in [-0.2, 0) is 0 Å². The van der Waals surface area contributed by atoms with Crippen LogP contribution in [0.15, 0.2) is 39.7 Å². The quantitative estimate of drug-likeness (QED) is 0.728. The smallest absolute Gasteiger partial charge is 0.150 e. The van der Waals surface area contributed by atoms with E-state index in [2.05, 4.69) is 27.3 Å². The third kappa shape index (κ3) is 3.55. The molecule has 2 aromatic rings. The molecule has 0 saturated carbocycles. The summed E-state index contributed by atoms with van der Waals surface area (Å²) in [5.74, 6) is -0.641. The molecular formula is C15H11BrF2N2S. The Kier molecular flexibility index (Phi) is 5.21. The maximum absolute atomic E-state index is 13.9. The highest BCUT2D eigenvalue weighted by Crippen LogP contribution is 2.32. The predicted octanol–water partition coefficient (Wildman–Crippen LogP) is 5.45. The van der Waals surface area contributed by atoms with Gasteiger partial charge in [-0.1, -0.05) is 28.9 Å². The fourth-order valence-corrected chi connectivity index (χ4v) is 3.01. The average molecular weight is 369 g/mol. The van der Waals surface area contributed by atoms with Gasteiger partial charge in [0.05, 0.1) is 11.3 Å². The molecule has 0 unspecified atom stereocenters. The van der Waals surface area contributed by atoms with Gasteiger partial charge in [-0.25, -0.2) is 8.78 Å². The van der Waals surface area contributed by atoms with Gasteiger partial charge in [0, 0.05) is 9.37 Å². The van der Waals surface area contributed by atoms with Gasteiger partial charge in [0.15, 0.2) is 11.6 Å². The average Bonchev–Trinajstić information content (AvgIpc) is 2.43. The van der Waals surface area contributed by atoms with Crippen LogP contribution in [0.4, 0.5) is 20.2 Å². The van der Waals surface area contributed by atoms with Crippen LogP contribution in [-0.4, -0.2) is 5.75 Å². The number of anilines is 2. The first-order valence-corrected chi connectivity index (χ1v) is 7.92. The standard InChI is InChI=1S/C15H11BrF2N2S/c1-2-21-14-5-3-4-13(10(14)8-19)20-15-11(17)6-9(16)7-12(15)18/h3-7,20H,2H2,1H3. The van der Waals surface area contributed by atoms with E-state index < -0.39 is 11.6 Å². The largest absolute Gasteiger partial charge is 0.350 e. The van der Waals surface area contributed by atoms with Crippen LogP contribution in [0.3, 0.4) is 0 Å². The van der Waals surface area contributed by atoms with Crippen molar-refractivity contribution in [3.8, 4) is 6.07 Å². The number of rotatable bonds is 4. The number of halogens is 3. The van der Waals surface area contributed by atoms with Gasteiger partial charge in [0.1, 0.15) is 11.8 Å². The van der Waals surface area contributed by atoms with Gasteiger partial charge in [-0.05, 0) is 30.0 Å². The van der Waals surface area contributed by atoms with E-state index in [1.54, 1.807) is 12.1 Å². The lowest BCUT2D eigenvalue weighted by Crippen LogP contribution is -2.00. The minimum atomic E-state index is -0.723. The Hall–Kier alpha value is -1.58. The summed E-state index contributed by atoms with van der Waals surface area (Å²) in [7, 11) is 0. The molecule has 0 aromatic heterocycles. The third-order valence-electron chi connectivity index (χ3n) is 2.70. The zero-order valence-electron chi connectivity index (χ0n) is 11.1. The van der Waals surface area contributed by atoms with E-state index in [1.807, 2.05) is 13.0 Å². The first-order valence-electron chi connectivity index (χ1n) is 6.14. The molecule has 0 radical (unpaired) electrons. The Morgan fingerprint density at radius 1 is 1.29 bits per heavy atom. The van der Waals surface area contributed by atoms with Crippen molar-refractivity contribution in [3.63, 3.8) is 0 Å². The molecule has 0 saturated heterocycles. The van der Waals surface area contributed by atoms with Crippen molar-refractivity contribution in [1.82, 2.24) is 0 Å². The molecule has 2 rings (SSSR count). The first kappa shape index (κ1) is 15.8. The molecule has 0 aliphatic rings. The minimum Gasteiger partial charge on any atom is -0.350 e. The summed E-state index contributed by atoms with van der Waals surface area (Å²) in [5, 5.41) is 12.0. The number of hydrogen-bond acceptors (Lipinski definition) is 3. The zero-order valence-corrected chi connectivity index (χ0v) is 13.5. The maximum Gasteiger partial charge on any atom is 0.150 e. The van der Waals surface area contributed by atoms with E-state index >= 15 is 0 Å². The summed E-state index contributed by atoms with van der Waals surface area (Å²) in [6.07, 6.45) is 0. The van der Waals surface area contributed by atoms with Crippen molar-refractivity contribution in [3.05, 3.63) is 52.0 Å². The highest BCUT2D eigenvalue weighted by Gasteiger charge is 2.14. The molecule has 108 valence electrons. The third-order valence-corrected chi connectivity index (χ3v) is 4.10. The Labute approximate surface area is 134 Å². The van der Waals surface area contributed by atoms with Gasteiger partial charge < -0.3 is 5.32 Å². The van der Waals surface area contributed by atoms with E-state index in [0.29, 0.717) is 15.7 Å². The maximum atomic E-state index is 13.9. The lowest BCUT2D eigenvalue weighted by molar-refractivity contribution is 0.589. The van der Waals surface area contributed by atoms with Crippen molar-refractivity contribution < 1.29 is 8.78 Å². The monoisotopic (exact) mass is 368 g/mol. The molecule has 1 N–H and O–H groups in total. The fraction of sp³-hybridized carbons (Fsp3) is 0.133. The van der Waals surface area contributed by atoms with Gasteiger partial charge in [0.2, 0.25) is 0 Å². The van der Waals surface area contributed by atoms with Crippen molar-refractivity contribution >= 4 is 39.1 Å². The van der Waals surface area contributed by atoms with E-state index in [-0.39, 0.29) is 5.69 Å². The Balaban J connectivity index is 2.46.